The van der Waals surface area contributed by atoms with Gasteiger partial charge >= 0.3 is 39.5 Å². The van der Waals surface area contributed by atoms with E-state index >= 15 is 0 Å². The molecule has 0 radical (unpaired) electrons. The molecule has 0 rings (SSSR count). The number of phosphoric acid groups is 2. The minimum Gasteiger partial charge on any atom is -0.462 e. The predicted octanol–water partition coefficient (Wildman–Crippen LogP) is 21.7. The Hall–Kier alpha value is -1.94. The first-order chi connectivity index (χ1) is 45.1. The Bertz CT molecular complexity index is 1850. The van der Waals surface area contributed by atoms with Gasteiger partial charge in [0.05, 0.1) is 26.4 Å². The molecule has 0 spiro atoms. The molecule has 0 heterocycles. The fourth-order valence-electron chi connectivity index (χ4n) is 11.4. The summed E-state index contributed by atoms with van der Waals surface area (Å²) in [6.07, 6.45) is 48.6. The number of carbonyl (C=O) groups excluding carboxylic acids is 4. The molecule has 0 aromatic rings. The van der Waals surface area contributed by atoms with E-state index in [0.717, 1.165) is 114 Å². The molecule has 0 aliphatic rings. The third-order valence-electron chi connectivity index (χ3n) is 17.3. The molecule has 0 aliphatic carbocycles. The molecule has 3 N–H and O–H groups in total. The first-order valence-corrected chi connectivity index (χ1v) is 41.7. The number of aliphatic hydroxyl groups excluding tert-OH is 1. The molecule has 3 unspecified atom stereocenters. The van der Waals surface area contributed by atoms with Crippen molar-refractivity contribution in [2.45, 2.75) is 395 Å². The molecule has 0 amide bonds. The summed E-state index contributed by atoms with van der Waals surface area (Å²) in [4.78, 5) is 72.8. The molecule has 0 aliphatic heterocycles. The lowest BCUT2D eigenvalue weighted by molar-refractivity contribution is -0.161. The Kier molecular flexibility index (Phi) is 63.1. The van der Waals surface area contributed by atoms with Gasteiger partial charge in [-0.05, 0) is 49.4 Å². The van der Waals surface area contributed by atoms with Crippen LogP contribution in [0.25, 0.3) is 0 Å². The van der Waals surface area contributed by atoms with Gasteiger partial charge in [-0.1, -0.05) is 325 Å². The zero-order chi connectivity index (χ0) is 69.6. The largest absolute Gasteiger partial charge is 0.472 e. The van der Waals surface area contributed by atoms with Gasteiger partial charge in [0, 0.05) is 25.7 Å². The maximum Gasteiger partial charge on any atom is 0.472 e. The van der Waals surface area contributed by atoms with Crippen molar-refractivity contribution in [2.24, 2.45) is 23.7 Å². The van der Waals surface area contributed by atoms with Gasteiger partial charge in [0.2, 0.25) is 0 Å². The lowest BCUT2D eigenvalue weighted by atomic mass is 10.0. The Labute approximate surface area is 575 Å². The van der Waals surface area contributed by atoms with E-state index in [2.05, 4.69) is 55.4 Å². The van der Waals surface area contributed by atoms with E-state index in [1.165, 1.54) is 180 Å². The average Bonchev–Trinajstić information content (AvgIpc) is 1.34. The topological polar surface area (TPSA) is 237 Å². The van der Waals surface area contributed by atoms with E-state index in [4.69, 9.17) is 37.0 Å². The summed E-state index contributed by atoms with van der Waals surface area (Å²) in [5.41, 5.74) is 0. The molecule has 0 aromatic carbocycles. The van der Waals surface area contributed by atoms with Crippen molar-refractivity contribution < 1.29 is 80.2 Å². The number of hydrogen-bond acceptors (Lipinski definition) is 15. The summed E-state index contributed by atoms with van der Waals surface area (Å²) >= 11 is 0. The lowest BCUT2D eigenvalue weighted by Crippen LogP contribution is -2.30. The minimum atomic E-state index is -4.96. The number of esters is 4. The number of carbonyl (C=O) groups is 4. The molecule has 5 atom stereocenters. The van der Waals surface area contributed by atoms with Crippen LogP contribution in [0.3, 0.4) is 0 Å². The number of phosphoric ester groups is 2. The van der Waals surface area contributed by atoms with Gasteiger partial charge in [-0.2, -0.15) is 0 Å². The number of aliphatic hydroxyl groups is 1. The highest BCUT2D eigenvalue weighted by molar-refractivity contribution is 7.47. The quantitative estimate of drug-likeness (QED) is 0.0222. The predicted molar refractivity (Wildman–Crippen MR) is 381 cm³/mol. The maximum absolute atomic E-state index is 13.1. The van der Waals surface area contributed by atoms with Gasteiger partial charge in [-0.25, -0.2) is 9.13 Å². The Morgan fingerprint density at radius 3 is 0.660 bits per heavy atom. The Morgan fingerprint density at radius 2 is 0.447 bits per heavy atom. The van der Waals surface area contributed by atoms with Crippen molar-refractivity contribution in [3.63, 3.8) is 0 Å². The SMILES string of the molecule is CC(C)CCCCCCCCCCCCCCCC(=O)O[C@H](COC(=O)CCCCCCCCCCCCCCC(C)C)COP(=O)(O)OCC(O)COP(=O)(O)OC[C@@H](COC(=O)CCCCCCCCCCC(C)C)OC(=O)CCCCCCCCCCCC(C)C. The van der Waals surface area contributed by atoms with Crippen LogP contribution in [0.1, 0.15) is 376 Å². The standard InChI is InChI=1S/C75H146O17P2/c1-65(2)51-43-35-27-19-14-10-9-11-17-23-33-41-49-57-74(79)91-70(61-85-72(77)55-47-39-31-22-16-13-12-15-20-28-36-44-52-66(3)4)63-89-93(81,82)87-59-69(76)60-88-94(83,84)90-64-71(62-86-73(78)56-48-40-32-26-25-30-38-46-54-68(7)8)92-75(80)58-50-42-34-24-18-21-29-37-45-53-67(5)6/h65-71,76H,9-64H2,1-8H3,(H,81,82)(H,83,84)/t69?,70-,71-/m1/s1. The van der Waals surface area contributed by atoms with E-state index in [1.54, 1.807) is 0 Å². The highest BCUT2D eigenvalue weighted by atomic mass is 31.2. The Morgan fingerprint density at radius 1 is 0.266 bits per heavy atom. The molecule has 0 aromatic heterocycles. The smallest absolute Gasteiger partial charge is 0.462 e. The molecule has 19 heteroatoms. The van der Waals surface area contributed by atoms with Gasteiger partial charge < -0.3 is 33.8 Å². The van der Waals surface area contributed by atoms with Gasteiger partial charge in [0.1, 0.15) is 19.3 Å². The first kappa shape index (κ1) is 92.1. The van der Waals surface area contributed by atoms with E-state index in [0.29, 0.717) is 25.7 Å². The minimum absolute atomic E-state index is 0.104. The van der Waals surface area contributed by atoms with E-state index < -0.39 is 97.5 Å². The molecule has 94 heavy (non-hydrogen) atoms. The maximum atomic E-state index is 13.1. The van der Waals surface area contributed by atoms with Crippen LogP contribution in [-0.4, -0.2) is 96.7 Å². The highest BCUT2D eigenvalue weighted by Gasteiger charge is 2.30. The second kappa shape index (κ2) is 64.4. The lowest BCUT2D eigenvalue weighted by Gasteiger charge is -2.21. The van der Waals surface area contributed by atoms with Gasteiger partial charge in [0.15, 0.2) is 12.2 Å². The average molecular weight is 1380 g/mol. The van der Waals surface area contributed by atoms with Crippen LogP contribution < -0.4 is 0 Å². The monoisotopic (exact) mass is 1380 g/mol. The van der Waals surface area contributed by atoms with Crippen LogP contribution in [0, 0.1) is 23.7 Å². The summed E-state index contributed by atoms with van der Waals surface area (Å²) < 4.78 is 68.5. The van der Waals surface area contributed by atoms with Gasteiger partial charge in [0.25, 0.3) is 0 Å². The van der Waals surface area contributed by atoms with Crippen molar-refractivity contribution in [2.75, 3.05) is 39.6 Å². The van der Waals surface area contributed by atoms with Gasteiger partial charge in [-0.15, -0.1) is 0 Å². The number of ether oxygens (including phenoxy) is 4. The van der Waals surface area contributed by atoms with Crippen molar-refractivity contribution >= 4 is 39.5 Å². The van der Waals surface area contributed by atoms with Crippen LogP contribution in [0.15, 0.2) is 0 Å². The van der Waals surface area contributed by atoms with Crippen molar-refractivity contribution in [3.8, 4) is 0 Å². The van der Waals surface area contributed by atoms with E-state index in [1.807, 2.05) is 0 Å². The van der Waals surface area contributed by atoms with Crippen LogP contribution >= 0.6 is 15.6 Å². The molecule has 0 saturated heterocycles. The summed E-state index contributed by atoms with van der Waals surface area (Å²) in [7, 11) is -9.91. The van der Waals surface area contributed by atoms with Crippen LogP contribution in [-0.2, 0) is 65.4 Å². The van der Waals surface area contributed by atoms with Crippen LogP contribution in [0.4, 0.5) is 0 Å². The fourth-order valence-corrected chi connectivity index (χ4v) is 13.0. The summed E-state index contributed by atoms with van der Waals surface area (Å²) in [6.45, 7) is 14.2. The molecule has 0 fully saturated rings. The third kappa shape index (κ3) is 68.6. The second-order valence-corrected chi connectivity index (χ2v) is 31.9. The zero-order valence-corrected chi connectivity index (χ0v) is 63.4. The second-order valence-electron chi connectivity index (χ2n) is 28.9. The number of hydrogen-bond donors (Lipinski definition) is 3. The molecule has 17 nitrogen and oxygen atoms in total. The summed E-state index contributed by atoms with van der Waals surface area (Å²) in [5.74, 6) is 0.909. The van der Waals surface area contributed by atoms with E-state index in [9.17, 15) is 43.2 Å². The molecular formula is C75H146O17P2. The van der Waals surface area contributed by atoms with Crippen molar-refractivity contribution in [1.82, 2.24) is 0 Å². The molecule has 0 saturated carbocycles. The highest BCUT2D eigenvalue weighted by Crippen LogP contribution is 2.45. The zero-order valence-electron chi connectivity index (χ0n) is 61.6. The number of unbranched alkanes of at least 4 members (excludes halogenated alkanes) is 38. The fraction of sp³-hybridized carbons (Fsp3) is 0.947. The summed E-state index contributed by atoms with van der Waals surface area (Å²) in [5, 5.41) is 10.6. The van der Waals surface area contributed by atoms with Gasteiger partial charge in [-0.3, -0.25) is 37.3 Å². The van der Waals surface area contributed by atoms with Crippen LogP contribution in [0.2, 0.25) is 0 Å². The van der Waals surface area contributed by atoms with Crippen molar-refractivity contribution in [1.29, 1.82) is 0 Å². The van der Waals surface area contributed by atoms with Crippen LogP contribution in [0.5, 0.6) is 0 Å². The molecule has 0 bridgehead atoms. The normalized spacial score (nSPS) is 14.2. The summed E-state index contributed by atoms with van der Waals surface area (Å²) in [6, 6.07) is 0. The van der Waals surface area contributed by atoms with E-state index in [-0.39, 0.29) is 25.7 Å². The molecular weight excluding hydrogens is 1230 g/mol. The Balaban J connectivity index is 5.26. The van der Waals surface area contributed by atoms with Crippen molar-refractivity contribution in [3.05, 3.63) is 0 Å². The molecule has 558 valence electrons. The first-order valence-electron chi connectivity index (χ1n) is 38.7. The number of rotatable bonds is 72. The third-order valence-corrected chi connectivity index (χ3v) is 19.2.